The van der Waals surface area contributed by atoms with Gasteiger partial charge in [-0.3, -0.25) is 9.59 Å². The minimum Gasteiger partial charge on any atom is -0.325 e. The number of hydrogen-bond acceptors (Lipinski definition) is 4. The molecule has 2 aliphatic heterocycles. The third-order valence-corrected chi connectivity index (χ3v) is 4.49. The fraction of sp³-hybridized carbons (Fsp3) is 0.471. The minimum atomic E-state index is -0.810. The van der Waals surface area contributed by atoms with Crippen molar-refractivity contribution >= 4 is 23.2 Å². The molecule has 0 saturated carbocycles. The van der Waals surface area contributed by atoms with Crippen LogP contribution < -0.4 is 5.32 Å². The average molecular weight is 314 g/mol. The highest BCUT2D eigenvalue weighted by molar-refractivity contribution is 6.24. The molecule has 1 unspecified atom stereocenters. The van der Waals surface area contributed by atoms with Crippen LogP contribution in [0.5, 0.6) is 0 Å². The summed E-state index contributed by atoms with van der Waals surface area (Å²) in [6.45, 7) is 3.65. The number of hydrazone groups is 1. The molecule has 1 atom stereocenters. The van der Waals surface area contributed by atoms with Gasteiger partial charge in [0.25, 0.3) is 5.91 Å². The zero-order valence-corrected chi connectivity index (χ0v) is 13.5. The molecular weight excluding hydrogens is 292 g/mol. The summed E-state index contributed by atoms with van der Waals surface area (Å²) in [4.78, 5) is 27.4. The largest absolute Gasteiger partial charge is 0.325 e. The van der Waals surface area contributed by atoms with Crippen molar-refractivity contribution in [1.82, 2.24) is 9.91 Å². The van der Waals surface area contributed by atoms with E-state index < -0.39 is 5.92 Å². The summed E-state index contributed by atoms with van der Waals surface area (Å²) < 4.78 is 0. The number of amides is 2. The Hall–Kier alpha value is -2.21. The molecule has 23 heavy (non-hydrogen) atoms. The number of nitrogens with one attached hydrogen (secondary N) is 1. The van der Waals surface area contributed by atoms with Crippen LogP contribution in [0.3, 0.4) is 0 Å². The Bertz CT molecular complexity index is 621. The second-order valence-electron chi connectivity index (χ2n) is 6.25. The minimum absolute atomic E-state index is 0.100. The van der Waals surface area contributed by atoms with E-state index in [1.165, 1.54) is 5.01 Å². The predicted octanol–water partition coefficient (Wildman–Crippen LogP) is 1.55. The molecule has 0 radical (unpaired) electrons. The molecular formula is C17H22N4O2. The van der Waals surface area contributed by atoms with Crippen LogP contribution >= 0.6 is 0 Å². The molecule has 2 heterocycles. The van der Waals surface area contributed by atoms with Gasteiger partial charge in [-0.15, -0.1) is 0 Å². The Morgan fingerprint density at radius 1 is 1.22 bits per heavy atom. The van der Waals surface area contributed by atoms with Gasteiger partial charge in [-0.05, 0) is 52.0 Å². The molecule has 0 spiro atoms. The van der Waals surface area contributed by atoms with Crippen molar-refractivity contribution in [2.24, 2.45) is 11.0 Å². The van der Waals surface area contributed by atoms with Gasteiger partial charge in [-0.1, -0.05) is 18.2 Å². The number of rotatable bonds is 3. The van der Waals surface area contributed by atoms with Gasteiger partial charge in [-0.2, -0.15) is 5.10 Å². The van der Waals surface area contributed by atoms with E-state index in [0.29, 0.717) is 11.4 Å². The van der Waals surface area contributed by atoms with Crippen LogP contribution in [-0.4, -0.2) is 53.6 Å². The molecule has 1 aromatic rings. The maximum atomic E-state index is 12.7. The van der Waals surface area contributed by atoms with Gasteiger partial charge in [0.05, 0.1) is 11.8 Å². The van der Waals surface area contributed by atoms with Crippen molar-refractivity contribution in [3.63, 3.8) is 0 Å². The second kappa shape index (κ2) is 6.50. The Balaban J connectivity index is 1.68. The zero-order valence-electron chi connectivity index (χ0n) is 13.5. The van der Waals surface area contributed by atoms with Gasteiger partial charge in [0.15, 0.2) is 5.92 Å². The van der Waals surface area contributed by atoms with E-state index in [4.69, 9.17) is 0 Å². The van der Waals surface area contributed by atoms with Crippen molar-refractivity contribution in [1.29, 1.82) is 0 Å². The van der Waals surface area contributed by atoms with Crippen LogP contribution in [0.1, 0.15) is 19.8 Å². The molecule has 0 aliphatic carbocycles. The molecule has 2 aliphatic rings. The maximum Gasteiger partial charge on any atom is 0.261 e. The van der Waals surface area contributed by atoms with E-state index in [-0.39, 0.29) is 17.9 Å². The number of nitrogens with zero attached hydrogens (tertiary/aromatic N) is 3. The van der Waals surface area contributed by atoms with Gasteiger partial charge in [0.1, 0.15) is 0 Å². The van der Waals surface area contributed by atoms with Gasteiger partial charge in [0, 0.05) is 5.69 Å². The maximum absolute atomic E-state index is 12.7. The third kappa shape index (κ3) is 3.27. The van der Waals surface area contributed by atoms with Crippen LogP contribution in [0, 0.1) is 5.92 Å². The molecule has 0 bridgehead atoms. The van der Waals surface area contributed by atoms with Crippen molar-refractivity contribution < 1.29 is 9.59 Å². The van der Waals surface area contributed by atoms with Crippen molar-refractivity contribution in [3.05, 3.63) is 30.3 Å². The lowest BCUT2D eigenvalue weighted by molar-refractivity contribution is -0.138. The SMILES string of the molecule is CC1=NN(C2CCN(C)CC2)C(=O)C1C(=O)Nc1ccccc1. The first-order valence-corrected chi connectivity index (χ1v) is 7.99. The van der Waals surface area contributed by atoms with E-state index in [2.05, 4.69) is 22.4 Å². The summed E-state index contributed by atoms with van der Waals surface area (Å²) in [6.07, 6.45) is 1.79. The monoisotopic (exact) mass is 314 g/mol. The highest BCUT2D eigenvalue weighted by atomic mass is 16.2. The van der Waals surface area contributed by atoms with Gasteiger partial charge < -0.3 is 10.2 Å². The van der Waals surface area contributed by atoms with E-state index in [1.54, 1.807) is 19.1 Å². The van der Waals surface area contributed by atoms with Gasteiger partial charge in [0.2, 0.25) is 5.91 Å². The Morgan fingerprint density at radius 2 is 1.87 bits per heavy atom. The molecule has 122 valence electrons. The topological polar surface area (TPSA) is 65.0 Å². The highest BCUT2D eigenvalue weighted by Crippen LogP contribution is 2.25. The summed E-state index contributed by atoms with van der Waals surface area (Å²) in [5.74, 6) is -1.32. The smallest absolute Gasteiger partial charge is 0.261 e. The van der Waals surface area contributed by atoms with E-state index in [0.717, 1.165) is 25.9 Å². The predicted molar refractivity (Wildman–Crippen MR) is 89.0 cm³/mol. The molecule has 2 amide bonds. The number of likely N-dealkylation sites (tertiary alicyclic amines) is 1. The molecule has 1 saturated heterocycles. The van der Waals surface area contributed by atoms with E-state index >= 15 is 0 Å². The summed E-state index contributed by atoms with van der Waals surface area (Å²) in [6, 6.07) is 9.28. The molecule has 1 aromatic carbocycles. The Labute approximate surface area is 136 Å². The highest BCUT2D eigenvalue weighted by Gasteiger charge is 2.42. The number of para-hydroxylation sites is 1. The molecule has 6 nitrogen and oxygen atoms in total. The quantitative estimate of drug-likeness (QED) is 0.861. The normalized spacial score (nSPS) is 23.0. The molecule has 1 fully saturated rings. The average Bonchev–Trinajstić information content (AvgIpc) is 2.84. The van der Waals surface area contributed by atoms with E-state index in [1.807, 2.05) is 18.2 Å². The first kappa shape index (κ1) is 15.7. The van der Waals surface area contributed by atoms with Crippen LogP contribution in [0.2, 0.25) is 0 Å². The Kier molecular flexibility index (Phi) is 4.43. The lowest BCUT2D eigenvalue weighted by Gasteiger charge is -2.33. The first-order chi connectivity index (χ1) is 11.1. The third-order valence-electron chi connectivity index (χ3n) is 4.49. The zero-order chi connectivity index (χ0) is 16.4. The standard InChI is InChI=1S/C17H22N4O2/c1-12-15(16(22)18-13-6-4-3-5-7-13)17(23)21(19-12)14-8-10-20(2)11-9-14/h3-7,14-15H,8-11H2,1-2H3,(H,18,22). The van der Waals surface area contributed by atoms with Crippen molar-refractivity contribution in [2.45, 2.75) is 25.8 Å². The van der Waals surface area contributed by atoms with Crippen molar-refractivity contribution in [2.75, 3.05) is 25.5 Å². The van der Waals surface area contributed by atoms with Crippen LogP contribution in [0.4, 0.5) is 5.69 Å². The lowest BCUT2D eigenvalue weighted by atomic mass is 10.0. The molecule has 0 aromatic heterocycles. The van der Waals surface area contributed by atoms with Crippen LogP contribution in [0.25, 0.3) is 0 Å². The summed E-state index contributed by atoms with van der Waals surface area (Å²) in [5, 5.41) is 8.72. The van der Waals surface area contributed by atoms with Crippen LogP contribution in [0.15, 0.2) is 35.4 Å². The number of carbonyl (C=O) groups is 2. The number of hydrogen-bond donors (Lipinski definition) is 1. The van der Waals surface area contributed by atoms with Gasteiger partial charge >= 0.3 is 0 Å². The van der Waals surface area contributed by atoms with Crippen LogP contribution in [-0.2, 0) is 9.59 Å². The summed E-state index contributed by atoms with van der Waals surface area (Å²) >= 11 is 0. The summed E-state index contributed by atoms with van der Waals surface area (Å²) in [7, 11) is 2.08. The van der Waals surface area contributed by atoms with Gasteiger partial charge in [-0.25, -0.2) is 5.01 Å². The molecule has 3 rings (SSSR count). The molecule has 6 heteroatoms. The number of benzene rings is 1. The second-order valence-corrected chi connectivity index (χ2v) is 6.25. The first-order valence-electron chi connectivity index (χ1n) is 7.99. The summed E-state index contributed by atoms with van der Waals surface area (Å²) in [5.41, 5.74) is 1.26. The number of anilines is 1. The Morgan fingerprint density at radius 3 is 2.52 bits per heavy atom. The van der Waals surface area contributed by atoms with E-state index in [9.17, 15) is 9.59 Å². The number of piperidine rings is 1. The molecule has 1 N–H and O–H groups in total. The fourth-order valence-electron chi connectivity index (χ4n) is 3.13. The van der Waals surface area contributed by atoms with Crippen molar-refractivity contribution in [3.8, 4) is 0 Å². The fourth-order valence-corrected chi connectivity index (χ4v) is 3.13. The number of carbonyl (C=O) groups excluding carboxylic acids is 2. The lowest BCUT2D eigenvalue weighted by Crippen LogP contribution is -2.45.